The number of carbonyl (C=O) groups excluding carboxylic acids is 2. The number of carbonyl (C=O) groups is 2. The number of hydrogen-bond acceptors (Lipinski definition) is 3. The van der Waals surface area contributed by atoms with Gasteiger partial charge in [0.1, 0.15) is 17.7 Å². The fourth-order valence-electron chi connectivity index (χ4n) is 3.34. The first kappa shape index (κ1) is 16.8. The van der Waals surface area contributed by atoms with E-state index in [1.165, 1.54) is 18.2 Å². The van der Waals surface area contributed by atoms with Crippen LogP contribution in [0.15, 0.2) is 18.2 Å². The summed E-state index contributed by atoms with van der Waals surface area (Å²) in [5, 5.41) is 5.59. The summed E-state index contributed by atoms with van der Waals surface area (Å²) in [7, 11) is 0. The Kier molecular flexibility index (Phi) is 5.08. The van der Waals surface area contributed by atoms with Crippen LogP contribution in [0.5, 0.6) is 0 Å². The SMILES string of the molecule is O=C1CC[C@@H](C(=O)N[C@@H]2CCCN(Cc3c(F)cccc3F)C2)N1. The first-order valence-corrected chi connectivity index (χ1v) is 8.28. The summed E-state index contributed by atoms with van der Waals surface area (Å²) < 4.78 is 27.6. The molecule has 2 N–H and O–H groups in total. The van der Waals surface area contributed by atoms with E-state index in [0.717, 1.165) is 19.4 Å². The molecule has 2 heterocycles. The number of hydrogen-bond donors (Lipinski definition) is 2. The van der Waals surface area contributed by atoms with Crippen LogP contribution in [0.4, 0.5) is 8.78 Å². The van der Waals surface area contributed by atoms with Gasteiger partial charge in [-0.15, -0.1) is 0 Å². The summed E-state index contributed by atoms with van der Waals surface area (Å²) >= 11 is 0. The summed E-state index contributed by atoms with van der Waals surface area (Å²) in [6, 6.07) is 3.33. The van der Waals surface area contributed by atoms with Gasteiger partial charge in [-0.25, -0.2) is 8.78 Å². The fourth-order valence-corrected chi connectivity index (χ4v) is 3.34. The average molecular weight is 337 g/mol. The number of likely N-dealkylation sites (tertiary alicyclic amines) is 1. The molecule has 130 valence electrons. The molecule has 0 unspecified atom stereocenters. The molecule has 2 saturated heterocycles. The van der Waals surface area contributed by atoms with Crippen LogP contribution < -0.4 is 10.6 Å². The second kappa shape index (κ2) is 7.25. The summed E-state index contributed by atoms with van der Waals surface area (Å²) in [5.41, 5.74) is 0.0625. The van der Waals surface area contributed by atoms with Gasteiger partial charge in [0.05, 0.1) is 0 Å². The van der Waals surface area contributed by atoms with Gasteiger partial charge in [0.15, 0.2) is 0 Å². The highest BCUT2D eigenvalue weighted by atomic mass is 19.1. The molecule has 0 bridgehead atoms. The van der Waals surface area contributed by atoms with Crippen molar-refractivity contribution < 1.29 is 18.4 Å². The van der Waals surface area contributed by atoms with Crippen LogP contribution in [-0.2, 0) is 16.1 Å². The van der Waals surface area contributed by atoms with E-state index >= 15 is 0 Å². The number of nitrogens with zero attached hydrogens (tertiary/aromatic N) is 1. The second-order valence-electron chi connectivity index (χ2n) is 6.44. The molecule has 2 fully saturated rings. The van der Waals surface area contributed by atoms with Gasteiger partial charge >= 0.3 is 0 Å². The summed E-state index contributed by atoms with van der Waals surface area (Å²) in [4.78, 5) is 25.3. The monoisotopic (exact) mass is 337 g/mol. The topological polar surface area (TPSA) is 61.4 Å². The third kappa shape index (κ3) is 3.90. The number of piperidine rings is 1. The van der Waals surface area contributed by atoms with Gasteiger partial charge in [-0.1, -0.05) is 6.07 Å². The lowest BCUT2D eigenvalue weighted by Crippen LogP contribution is -2.51. The van der Waals surface area contributed by atoms with Gasteiger partial charge in [0.25, 0.3) is 0 Å². The first-order chi connectivity index (χ1) is 11.5. The molecule has 0 aliphatic carbocycles. The zero-order chi connectivity index (χ0) is 17.1. The van der Waals surface area contributed by atoms with E-state index in [4.69, 9.17) is 0 Å². The predicted molar refractivity (Wildman–Crippen MR) is 84.0 cm³/mol. The largest absolute Gasteiger partial charge is 0.350 e. The van der Waals surface area contributed by atoms with Gasteiger partial charge in [-0.2, -0.15) is 0 Å². The van der Waals surface area contributed by atoms with E-state index in [-0.39, 0.29) is 30.0 Å². The molecular weight excluding hydrogens is 316 g/mol. The van der Waals surface area contributed by atoms with Crippen molar-refractivity contribution in [3.63, 3.8) is 0 Å². The number of amides is 2. The molecule has 1 aromatic carbocycles. The van der Waals surface area contributed by atoms with Crippen molar-refractivity contribution in [3.05, 3.63) is 35.4 Å². The highest BCUT2D eigenvalue weighted by molar-refractivity contribution is 5.90. The molecule has 2 aliphatic heterocycles. The molecule has 0 spiro atoms. The second-order valence-corrected chi connectivity index (χ2v) is 6.44. The molecular formula is C17H21F2N3O2. The Morgan fingerprint density at radius 3 is 2.71 bits per heavy atom. The first-order valence-electron chi connectivity index (χ1n) is 8.28. The van der Waals surface area contributed by atoms with Gasteiger partial charge in [-0.3, -0.25) is 14.5 Å². The van der Waals surface area contributed by atoms with Crippen LogP contribution in [0.3, 0.4) is 0 Å². The van der Waals surface area contributed by atoms with E-state index in [9.17, 15) is 18.4 Å². The third-order valence-corrected chi connectivity index (χ3v) is 4.61. The van der Waals surface area contributed by atoms with Crippen LogP contribution in [0.1, 0.15) is 31.2 Å². The number of halogens is 2. The zero-order valence-corrected chi connectivity index (χ0v) is 13.4. The van der Waals surface area contributed by atoms with Crippen LogP contribution in [0.25, 0.3) is 0 Å². The predicted octanol–water partition coefficient (Wildman–Crippen LogP) is 1.32. The number of nitrogens with one attached hydrogen (secondary N) is 2. The van der Waals surface area contributed by atoms with Crippen LogP contribution in [-0.4, -0.2) is 41.9 Å². The van der Waals surface area contributed by atoms with Crippen molar-refractivity contribution in [3.8, 4) is 0 Å². The molecule has 5 nitrogen and oxygen atoms in total. The van der Waals surface area contributed by atoms with E-state index in [2.05, 4.69) is 10.6 Å². The molecule has 0 radical (unpaired) electrons. The number of rotatable bonds is 4. The maximum Gasteiger partial charge on any atom is 0.242 e. The Morgan fingerprint density at radius 2 is 2.04 bits per heavy atom. The van der Waals surface area contributed by atoms with E-state index in [1.807, 2.05) is 4.90 Å². The molecule has 24 heavy (non-hydrogen) atoms. The van der Waals surface area contributed by atoms with Gasteiger partial charge < -0.3 is 10.6 Å². The Hall–Kier alpha value is -2.02. The van der Waals surface area contributed by atoms with Crippen LogP contribution in [0, 0.1) is 11.6 Å². The highest BCUT2D eigenvalue weighted by Crippen LogP contribution is 2.18. The minimum Gasteiger partial charge on any atom is -0.350 e. The van der Waals surface area contributed by atoms with Gasteiger partial charge in [-0.05, 0) is 37.9 Å². The van der Waals surface area contributed by atoms with E-state index in [1.54, 1.807) is 0 Å². The Balaban J connectivity index is 1.56. The minimum absolute atomic E-state index is 0.0625. The molecule has 0 aromatic heterocycles. The molecule has 2 atom stereocenters. The van der Waals surface area contributed by atoms with Crippen molar-refractivity contribution >= 4 is 11.8 Å². The highest BCUT2D eigenvalue weighted by Gasteiger charge is 2.30. The lowest BCUT2D eigenvalue weighted by atomic mass is 10.0. The lowest BCUT2D eigenvalue weighted by molar-refractivity contribution is -0.126. The maximum absolute atomic E-state index is 13.8. The van der Waals surface area contributed by atoms with Gasteiger partial charge in [0.2, 0.25) is 11.8 Å². The molecule has 7 heteroatoms. The maximum atomic E-state index is 13.8. The Labute approximate surface area is 139 Å². The van der Waals surface area contributed by atoms with Crippen molar-refractivity contribution in [2.45, 2.75) is 44.3 Å². The average Bonchev–Trinajstić information content (AvgIpc) is 2.98. The van der Waals surface area contributed by atoms with E-state index < -0.39 is 17.7 Å². The van der Waals surface area contributed by atoms with Crippen molar-refractivity contribution in [2.24, 2.45) is 0 Å². The summed E-state index contributed by atoms with van der Waals surface area (Å²) in [5.74, 6) is -1.37. The Morgan fingerprint density at radius 1 is 1.29 bits per heavy atom. The standard InChI is InChI=1S/C17H21F2N3O2/c18-13-4-1-5-14(19)12(13)10-22-8-2-3-11(9-22)20-17(24)15-6-7-16(23)21-15/h1,4-5,11,15H,2-3,6-10H2,(H,20,24)(H,21,23)/t11-,15+/m1/s1. The van der Waals surface area contributed by atoms with Crippen molar-refractivity contribution in [2.75, 3.05) is 13.1 Å². The third-order valence-electron chi connectivity index (χ3n) is 4.61. The number of benzene rings is 1. The van der Waals surface area contributed by atoms with E-state index in [0.29, 0.717) is 19.4 Å². The molecule has 2 amide bonds. The summed E-state index contributed by atoms with van der Waals surface area (Å²) in [6.07, 6.45) is 2.56. The minimum atomic E-state index is -0.546. The zero-order valence-electron chi connectivity index (χ0n) is 13.4. The van der Waals surface area contributed by atoms with Crippen molar-refractivity contribution in [1.82, 2.24) is 15.5 Å². The van der Waals surface area contributed by atoms with Crippen LogP contribution in [0.2, 0.25) is 0 Å². The molecule has 2 aliphatic rings. The quantitative estimate of drug-likeness (QED) is 0.871. The lowest BCUT2D eigenvalue weighted by Gasteiger charge is -2.33. The van der Waals surface area contributed by atoms with Crippen molar-refractivity contribution in [1.29, 1.82) is 0 Å². The normalized spacial score (nSPS) is 24.7. The molecule has 1 aromatic rings. The molecule has 0 saturated carbocycles. The summed E-state index contributed by atoms with van der Waals surface area (Å²) in [6.45, 7) is 1.46. The smallest absolute Gasteiger partial charge is 0.242 e. The fraction of sp³-hybridized carbons (Fsp3) is 0.529. The molecule has 3 rings (SSSR count). The Bertz CT molecular complexity index is 618. The van der Waals surface area contributed by atoms with Gasteiger partial charge in [0, 0.05) is 31.1 Å². The van der Waals surface area contributed by atoms with Crippen LogP contribution >= 0.6 is 0 Å².